The Bertz CT molecular complexity index is 724. The minimum Gasteiger partial charge on any atom is -0.315 e. The van der Waals surface area contributed by atoms with E-state index in [0.29, 0.717) is 11.4 Å². The van der Waals surface area contributed by atoms with Crippen LogP contribution in [0.4, 0.5) is 0 Å². The van der Waals surface area contributed by atoms with E-state index in [1.54, 1.807) is 31.6 Å². The number of hydrogen-bond donors (Lipinski definition) is 1. The molecule has 3 rings (SSSR count). The zero-order valence-corrected chi connectivity index (χ0v) is 13.3. The third kappa shape index (κ3) is 2.90. The van der Waals surface area contributed by atoms with Crippen molar-refractivity contribution in [3.8, 4) is 11.1 Å². The van der Waals surface area contributed by atoms with Crippen LogP contribution in [0.15, 0.2) is 53.7 Å². The van der Waals surface area contributed by atoms with Gasteiger partial charge in [0, 0.05) is 32.0 Å². The summed E-state index contributed by atoms with van der Waals surface area (Å²) in [5, 5.41) is 3.19. The number of benzene rings is 1. The Hall–Kier alpha value is -1.76. The van der Waals surface area contributed by atoms with Gasteiger partial charge in [0.1, 0.15) is 0 Å². The first-order valence-electron chi connectivity index (χ1n) is 7.28. The van der Waals surface area contributed by atoms with Crippen molar-refractivity contribution in [2.24, 2.45) is 0 Å². The first-order chi connectivity index (χ1) is 10.6. The van der Waals surface area contributed by atoms with Gasteiger partial charge in [0.2, 0.25) is 10.0 Å². The van der Waals surface area contributed by atoms with Gasteiger partial charge in [0.15, 0.2) is 0 Å². The molecular weight excluding hydrogens is 298 g/mol. The third-order valence-electron chi connectivity index (χ3n) is 4.07. The van der Waals surface area contributed by atoms with Crippen LogP contribution >= 0.6 is 0 Å². The molecule has 1 aliphatic heterocycles. The maximum atomic E-state index is 12.7. The van der Waals surface area contributed by atoms with Crippen molar-refractivity contribution in [1.29, 1.82) is 0 Å². The van der Waals surface area contributed by atoms with Crippen LogP contribution in [-0.2, 0) is 10.0 Å². The molecule has 0 bridgehead atoms. The Morgan fingerprint density at radius 1 is 1.18 bits per heavy atom. The number of nitrogens with zero attached hydrogens (tertiary/aromatic N) is 2. The van der Waals surface area contributed by atoms with Crippen molar-refractivity contribution < 1.29 is 8.42 Å². The maximum absolute atomic E-state index is 12.7. The van der Waals surface area contributed by atoms with Crippen molar-refractivity contribution >= 4 is 10.0 Å². The highest BCUT2D eigenvalue weighted by Crippen LogP contribution is 2.23. The molecule has 22 heavy (non-hydrogen) atoms. The second kappa shape index (κ2) is 6.16. The standard InChI is InChI=1S/C16H19N3O2S/c1-19(15-8-10-18-12-15)22(20,21)16-6-4-13(5-7-16)14-3-2-9-17-11-14/h2-7,9,11,15,18H,8,10,12H2,1H3. The van der Waals surface area contributed by atoms with Crippen molar-refractivity contribution in [1.82, 2.24) is 14.6 Å². The molecule has 0 spiro atoms. The minimum absolute atomic E-state index is 0.0306. The molecule has 0 saturated carbocycles. The lowest BCUT2D eigenvalue weighted by molar-refractivity contribution is 0.388. The minimum atomic E-state index is -3.44. The first-order valence-corrected chi connectivity index (χ1v) is 8.72. The molecule has 1 saturated heterocycles. The molecule has 2 aromatic rings. The number of rotatable bonds is 4. The lowest BCUT2D eigenvalue weighted by atomic mass is 10.1. The summed E-state index contributed by atoms with van der Waals surface area (Å²) < 4.78 is 26.8. The highest BCUT2D eigenvalue weighted by Gasteiger charge is 2.29. The Balaban J connectivity index is 1.85. The van der Waals surface area contributed by atoms with Crippen molar-refractivity contribution in [2.45, 2.75) is 17.4 Å². The van der Waals surface area contributed by atoms with E-state index in [9.17, 15) is 8.42 Å². The molecule has 0 radical (unpaired) electrons. The van der Waals surface area contributed by atoms with Gasteiger partial charge in [0.25, 0.3) is 0 Å². The summed E-state index contributed by atoms with van der Waals surface area (Å²) in [6.45, 7) is 1.58. The average molecular weight is 317 g/mol. The van der Waals surface area contributed by atoms with Crippen LogP contribution in [0.25, 0.3) is 11.1 Å². The van der Waals surface area contributed by atoms with Crippen LogP contribution in [0.1, 0.15) is 6.42 Å². The highest BCUT2D eigenvalue weighted by molar-refractivity contribution is 7.89. The molecule has 1 aliphatic rings. The molecule has 2 heterocycles. The van der Waals surface area contributed by atoms with Crippen molar-refractivity contribution in [3.05, 3.63) is 48.8 Å². The molecule has 1 aromatic heterocycles. The van der Waals surface area contributed by atoms with Crippen LogP contribution in [0.2, 0.25) is 0 Å². The summed E-state index contributed by atoms with van der Waals surface area (Å²) in [4.78, 5) is 4.41. The molecule has 116 valence electrons. The predicted octanol–water partition coefficient (Wildman–Crippen LogP) is 1.73. The van der Waals surface area contributed by atoms with Gasteiger partial charge >= 0.3 is 0 Å². The first kappa shape index (κ1) is 15.1. The van der Waals surface area contributed by atoms with Crippen LogP contribution in [0, 0.1) is 0 Å². The summed E-state index contributed by atoms with van der Waals surface area (Å²) in [5.41, 5.74) is 1.93. The molecule has 0 aliphatic carbocycles. The fourth-order valence-electron chi connectivity index (χ4n) is 2.67. The monoisotopic (exact) mass is 317 g/mol. The SMILES string of the molecule is CN(C1CCNC1)S(=O)(=O)c1ccc(-c2cccnc2)cc1. The maximum Gasteiger partial charge on any atom is 0.243 e. The average Bonchev–Trinajstić information content (AvgIpc) is 3.09. The summed E-state index contributed by atoms with van der Waals surface area (Å²) in [7, 11) is -1.79. The van der Waals surface area contributed by atoms with Gasteiger partial charge in [-0.05, 0) is 42.3 Å². The number of pyridine rings is 1. The topological polar surface area (TPSA) is 62.3 Å². The Kier molecular flexibility index (Phi) is 4.24. The normalized spacial score (nSPS) is 18.7. The molecule has 1 unspecified atom stereocenters. The van der Waals surface area contributed by atoms with E-state index in [2.05, 4.69) is 10.3 Å². The van der Waals surface area contributed by atoms with Gasteiger partial charge in [-0.3, -0.25) is 4.98 Å². The van der Waals surface area contributed by atoms with E-state index >= 15 is 0 Å². The molecule has 1 atom stereocenters. The van der Waals surface area contributed by atoms with E-state index in [0.717, 1.165) is 24.1 Å². The van der Waals surface area contributed by atoms with E-state index in [4.69, 9.17) is 0 Å². The molecular formula is C16H19N3O2S. The van der Waals surface area contributed by atoms with Gasteiger partial charge in [-0.1, -0.05) is 18.2 Å². The van der Waals surface area contributed by atoms with Crippen LogP contribution < -0.4 is 5.32 Å². The largest absolute Gasteiger partial charge is 0.315 e. The van der Waals surface area contributed by atoms with Crippen molar-refractivity contribution in [2.75, 3.05) is 20.1 Å². The van der Waals surface area contributed by atoms with E-state index in [1.807, 2.05) is 24.3 Å². The fourth-order valence-corrected chi connectivity index (χ4v) is 4.05. The lowest BCUT2D eigenvalue weighted by Crippen LogP contribution is -2.38. The zero-order valence-electron chi connectivity index (χ0n) is 12.4. The second-order valence-corrected chi connectivity index (χ2v) is 7.43. The molecule has 1 fully saturated rings. The summed E-state index contributed by atoms with van der Waals surface area (Å²) in [5.74, 6) is 0. The van der Waals surface area contributed by atoms with Crippen molar-refractivity contribution in [3.63, 3.8) is 0 Å². The van der Waals surface area contributed by atoms with E-state index in [-0.39, 0.29) is 6.04 Å². The Morgan fingerprint density at radius 3 is 2.55 bits per heavy atom. The van der Waals surface area contributed by atoms with Gasteiger partial charge in [-0.25, -0.2) is 8.42 Å². The van der Waals surface area contributed by atoms with Gasteiger partial charge in [-0.2, -0.15) is 4.31 Å². The molecule has 5 nitrogen and oxygen atoms in total. The quantitative estimate of drug-likeness (QED) is 0.933. The molecule has 1 aromatic carbocycles. The highest BCUT2D eigenvalue weighted by atomic mass is 32.2. The van der Waals surface area contributed by atoms with Crippen LogP contribution in [-0.4, -0.2) is 43.9 Å². The smallest absolute Gasteiger partial charge is 0.243 e. The molecule has 1 N–H and O–H groups in total. The number of hydrogen-bond acceptors (Lipinski definition) is 4. The second-order valence-electron chi connectivity index (χ2n) is 5.43. The van der Waals surface area contributed by atoms with Gasteiger partial charge < -0.3 is 5.32 Å². The summed E-state index contributed by atoms with van der Waals surface area (Å²) in [6, 6.07) is 10.8. The Morgan fingerprint density at radius 2 is 1.95 bits per heavy atom. The number of nitrogens with one attached hydrogen (secondary N) is 1. The molecule has 0 amide bonds. The number of sulfonamides is 1. The van der Waals surface area contributed by atoms with Gasteiger partial charge in [-0.15, -0.1) is 0 Å². The van der Waals surface area contributed by atoms with E-state index < -0.39 is 10.0 Å². The van der Waals surface area contributed by atoms with E-state index in [1.165, 1.54) is 4.31 Å². The third-order valence-corrected chi connectivity index (χ3v) is 6.00. The summed E-state index contributed by atoms with van der Waals surface area (Å²) in [6.07, 6.45) is 4.33. The van der Waals surface area contributed by atoms with Gasteiger partial charge in [0.05, 0.1) is 4.90 Å². The lowest BCUT2D eigenvalue weighted by Gasteiger charge is -2.23. The van der Waals surface area contributed by atoms with Crippen LogP contribution in [0.3, 0.4) is 0 Å². The van der Waals surface area contributed by atoms with Crippen LogP contribution in [0.5, 0.6) is 0 Å². The summed E-state index contributed by atoms with van der Waals surface area (Å²) >= 11 is 0. The zero-order chi connectivity index (χ0) is 15.6. The molecule has 6 heteroatoms. The number of aromatic nitrogens is 1. The fraction of sp³-hybridized carbons (Fsp3) is 0.312. The predicted molar refractivity (Wildman–Crippen MR) is 85.9 cm³/mol. The number of likely N-dealkylation sites (N-methyl/N-ethyl adjacent to an activating group) is 1. The Labute approximate surface area is 131 Å².